The molecule has 0 aliphatic rings. The minimum absolute atomic E-state index is 0.584. The zero-order valence-electron chi connectivity index (χ0n) is 9.32. The number of ether oxygens (including phenoxy) is 3. The van der Waals surface area contributed by atoms with Crippen molar-refractivity contribution in [1.29, 1.82) is 0 Å². The van der Waals surface area contributed by atoms with Gasteiger partial charge < -0.3 is 14.2 Å². The smallest absolute Gasteiger partial charge is 0.126 e. The average Bonchev–Trinajstić information content (AvgIpc) is 2.29. The van der Waals surface area contributed by atoms with Gasteiger partial charge in [0.25, 0.3) is 0 Å². The number of hydrogen-bond acceptors (Lipinski definition) is 3. The Kier molecular flexibility index (Phi) is 4.71. The summed E-state index contributed by atoms with van der Waals surface area (Å²) in [5, 5.41) is 0. The lowest BCUT2D eigenvalue weighted by atomic mass is 10.1. The fourth-order valence-corrected chi connectivity index (χ4v) is 1.24. The van der Waals surface area contributed by atoms with Crippen LogP contribution in [0.15, 0.2) is 24.3 Å². The summed E-state index contributed by atoms with van der Waals surface area (Å²) in [6.45, 7) is 0.584. The first-order chi connectivity index (χ1) is 7.31. The molecule has 0 aliphatic heterocycles. The lowest BCUT2D eigenvalue weighted by Gasteiger charge is -2.06. The monoisotopic (exact) mass is 208 g/mol. The van der Waals surface area contributed by atoms with Gasteiger partial charge in [0.1, 0.15) is 11.5 Å². The van der Waals surface area contributed by atoms with E-state index in [2.05, 4.69) is 0 Å². The highest BCUT2D eigenvalue weighted by Gasteiger charge is 2.00. The van der Waals surface area contributed by atoms with Crippen molar-refractivity contribution < 1.29 is 14.2 Å². The number of methoxy groups -OCH3 is 3. The first kappa shape index (κ1) is 11.6. The van der Waals surface area contributed by atoms with Crippen molar-refractivity contribution in [2.24, 2.45) is 0 Å². The fraction of sp³-hybridized carbons (Fsp3) is 0.333. The first-order valence-corrected chi connectivity index (χ1v) is 4.69. The van der Waals surface area contributed by atoms with Crippen molar-refractivity contribution in [3.05, 3.63) is 29.8 Å². The zero-order valence-corrected chi connectivity index (χ0v) is 9.32. The van der Waals surface area contributed by atoms with Gasteiger partial charge in [-0.3, -0.25) is 0 Å². The highest BCUT2D eigenvalue weighted by molar-refractivity contribution is 5.59. The molecule has 0 radical (unpaired) electrons. The molecule has 3 nitrogen and oxygen atoms in total. The highest BCUT2D eigenvalue weighted by atomic mass is 16.5. The van der Waals surface area contributed by atoms with Gasteiger partial charge in [0.2, 0.25) is 0 Å². The molecular weight excluding hydrogens is 192 g/mol. The normalized spacial score (nSPS) is 10.6. The highest BCUT2D eigenvalue weighted by Crippen LogP contribution is 2.24. The van der Waals surface area contributed by atoms with Crippen molar-refractivity contribution in [3.63, 3.8) is 0 Å². The molecule has 3 heteroatoms. The molecule has 0 saturated carbocycles. The first-order valence-electron chi connectivity index (χ1n) is 4.69. The molecule has 0 aliphatic carbocycles. The lowest BCUT2D eigenvalue weighted by molar-refractivity contribution is 0.234. The van der Waals surface area contributed by atoms with E-state index >= 15 is 0 Å². The molecule has 0 atom stereocenters. The molecule has 1 aromatic rings. The third-order valence-electron chi connectivity index (χ3n) is 2.00. The van der Waals surface area contributed by atoms with Crippen LogP contribution in [-0.2, 0) is 4.74 Å². The van der Waals surface area contributed by atoms with E-state index in [-0.39, 0.29) is 0 Å². The van der Waals surface area contributed by atoms with E-state index in [1.807, 2.05) is 30.4 Å². The number of benzene rings is 1. The van der Waals surface area contributed by atoms with Gasteiger partial charge in [-0.15, -0.1) is 0 Å². The minimum atomic E-state index is 0.584. The standard InChI is InChI=1S/C12H16O3/c1-13-8-4-5-10-9-11(14-2)6-7-12(10)15-3/h4-7,9H,8H2,1-3H3/b5-4+. The Morgan fingerprint density at radius 3 is 2.53 bits per heavy atom. The Morgan fingerprint density at radius 1 is 1.13 bits per heavy atom. The zero-order chi connectivity index (χ0) is 11.1. The molecule has 0 fully saturated rings. The molecular formula is C12H16O3. The summed E-state index contributed by atoms with van der Waals surface area (Å²) in [5.74, 6) is 1.64. The van der Waals surface area contributed by atoms with E-state index in [0.29, 0.717) is 6.61 Å². The molecule has 82 valence electrons. The SMILES string of the molecule is COC/C=C/c1cc(OC)ccc1OC. The Labute approximate surface area is 90.3 Å². The molecule has 0 amide bonds. The van der Waals surface area contributed by atoms with Crippen LogP contribution in [0.25, 0.3) is 6.08 Å². The van der Waals surface area contributed by atoms with Gasteiger partial charge in [0, 0.05) is 12.7 Å². The molecule has 1 rings (SSSR count). The summed E-state index contributed by atoms with van der Waals surface area (Å²) in [6.07, 6.45) is 3.88. The Balaban J connectivity index is 2.90. The van der Waals surface area contributed by atoms with Crippen LogP contribution < -0.4 is 9.47 Å². The molecule has 0 unspecified atom stereocenters. The van der Waals surface area contributed by atoms with E-state index < -0.39 is 0 Å². The number of hydrogen-bond donors (Lipinski definition) is 0. The number of rotatable bonds is 5. The third-order valence-corrected chi connectivity index (χ3v) is 2.00. The van der Waals surface area contributed by atoms with Crippen LogP contribution >= 0.6 is 0 Å². The fourth-order valence-electron chi connectivity index (χ4n) is 1.24. The summed E-state index contributed by atoms with van der Waals surface area (Å²) < 4.78 is 15.3. The minimum Gasteiger partial charge on any atom is -0.497 e. The molecule has 0 bridgehead atoms. The molecule has 0 N–H and O–H groups in total. The van der Waals surface area contributed by atoms with Gasteiger partial charge in [-0.2, -0.15) is 0 Å². The van der Waals surface area contributed by atoms with Crippen molar-refractivity contribution in [2.45, 2.75) is 0 Å². The molecule has 15 heavy (non-hydrogen) atoms. The maximum Gasteiger partial charge on any atom is 0.126 e. The van der Waals surface area contributed by atoms with E-state index in [4.69, 9.17) is 14.2 Å². The molecule has 0 saturated heterocycles. The Morgan fingerprint density at radius 2 is 1.93 bits per heavy atom. The predicted octanol–water partition coefficient (Wildman–Crippen LogP) is 2.36. The van der Waals surface area contributed by atoms with E-state index in [0.717, 1.165) is 17.1 Å². The lowest BCUT2D eigenvalue weighted by Crippen LogP contribution is -1.89. The second-order valence-corrected chi connectivity index (χ2v) is 2.97. The second-order valence-electron chi connectivity index (χ2n) is 2.97. The maximum absolute atomic E-state index is 5.23. The van der Waals surface area contributed by atoms with Crippen LogP contribution in [0.2, 0.25) is 0 Å². The quantitative estimate of drug-likeness (QED) is 0.743. The molecule has 0 heterocycles. The predicted molar refractivity (Wildman–Crippen MR) is 60.5 cm³/mol. The summed E-state index contributed by atoms with van der Waals surface area (Å²) in [6, 6.07) is 5.67. The maximum atomic E-state index is 5.23. The Hall–Kier alpha value is -1.48. The van der Waals surface area contributed by atoms with E-state index in [1.54, 1.807) is 21.3 Å². The largest absolute Gasteiger partial charge is 0.497 e. The van der Waals surface area contributed by atoms with Gasteiger partial charge in [0.05, 0.1) is 20.8 Å². The van der Waals surface area contributed by atoms with Crippen LogP contribution in [0.1, 0.15) is 5.56 Å². The van der Waals surface area contributed by atoms with Crippen LogP contribution in [-0.4, -0.2) is 27.9 Å². The summed E-state index contributed by atoms with van der Waals surface area (Å²) in [4.78, 5) is 0. The van der Waals surface area contributed by atoms with Gasteiger partial charge in [0.15, 0.2) is 0 Å². The third kappa shape index (κ3) is 3.29. The van der Waals surface area contributed by atoms with Crippen LogP contribution in [0.4, 0.5) is 0 Å². The van der Waals surface area contributed by atoms with E-state index in [1.165, 1.54) is 0 Å². The van der Waals surface area contributed by atoms with Crippen LogP contribution in [0.5, 0.6) is 11.5 Å². The van der Waals surface area contributed by atoms with Crippen LogP contribution in [0, 0.1) is 0 Å². The van der Waals surface area contributed by atoms with Crippen molar-refractivity contribution in [1.82, 2.24) is 0 Å². The molecule has 0 spiro atoms. The average molecular weight is 208 g/mol. The van der Waals surface area contributed by atoms with Gasteiger partial charge in [-0.25, -0.2) is 0 Å². The summed E-state index contributed by atoms with van der Waals surface area (Å²) in [5.41, 5.74) is 0.980. The second kappa shape index (κ2) is 6.09. The van der Waals surface area contributed by atoms with Crippen LogP contribution in [0.3, 0.4) is 0 Å². The molecule has 0 aromatic heterocycles. The summed E-state index contributed by atoms with van der Waals surface area (Å²) in [7, 11) is 4.95. The Bertz CT molecular complexity index is 332. The van der Waals surface area contributed by atoms with Gasteiger partial charge in [-0.05, 0) is 18.2 Å². The van der Waals surface area contributed by atoms with Crippen molar-refractivity contribution in [3.8, 4) is 11.5 Å². The topological polar surface area (TPSA) is 27.7 Å². The van der Waals surface area contributed by atoms with Gasteiger partial charge >= 0.3 is 0 Å². The van der Waals surface area contributed by atoms with Crippen molar-refractivity contribution in [2.75, 3.05) is 27.9 Å². The van der Waals surface area contributed by atoms with E-state index in [9.17, 15) is 0 Å². The van der Waals surface area contributed by atoms with Crippen molar-refractivity contribution >= 4 is 6.08 Å². The summed E-state index contributed by atoms with van der Waals surface area (Å²) >= 11 is 0. The van der Waals surface area contributed by atoms with Gasteiger partial charge in [-0.1, -0.05) is 12.2 Å². The molecule has 1 aromatic carbocycles.